The average molecular weight is 293 g/mol. The van der Waals surface area contributed by atoms with Crippen LogP contribution in [0.4, 0.5) is 0 Å². The third-order valence-corrected chi connectivity index (χ3v) is 3.58. The van der Waals surface area contributed by atoms with E-state index >= 15 is 0 Å². The van der Waals surface area contributed by atoms with E-state index in [2.05, 4.69) is 22.1 Å². The first-order valence-electron chi connectivity index (χ1n) is 6.95. The van der Waals surface area contributed by atoms with Gasteiger partial charge in [0.15, 0.2) is 0 Å². The summed E-state index contributed by atoms with van der Waals surface area (Å²) in [6, 6.07) is 3.65. The zero-order chi connectivity index (χ0) is 15.2. The summed E-state index contributed by atoms with van der Waals surface area (Å²) in [6.07, 6.45) is 1.79. The normalized spacial score (nSPS) is 16.3. The number of nitrogens with zero attached hydrogens (tertiary/aromatic N) is 3. The third-order valence-electron chi connectivity index (χ3n) is 3.58. The Bertz CT molecular complexity index is 472. The van der Waals surface area contributed by atoms with Crippen molar-refractivity contribution in [1.82, 2.24) is 9.91 Å². The summed E-state index contributed by atoms with van der Waals surface area (Å²) in [7, 11) is 6.99. The van der Waals surface area contributed by atoms with Gasteiger partial charge in [0.25, 0.3) is 0 Å². The molecular formula is C15H23N3O3. The molecule has 1 aliphatic heterocycles. The molecule has 1 aliphatic rings. The van der Waals surface area contributed by atoms with E-state index in [9.17, 15) is 0 Å². The first kappa shape index (κ1) is 15.4. The summed E-state index contributed by atoms with van der Waals surface area (Å²) in [5, 5.41) is 6.60. The highest BCUT2D eigenvalue weighted by atomic mass is 16.5. The van der Waals surface area contributed by atoms with Crippen LogP contribution in [0.25, 0.3) is 0 Å². The third kappa shape index (κ3) is 3.78. The number of piperazine rings is 1. The van der Waals surface area contributed by atoms with Gasteiger partial charge >= 0.3 is 0 Å². The molecule has 0 bridgehead atoms. The number of benzene rings is 1. The minimum absolute atomic E-state index is 0.684. The maximum atomic E-state index is 5.41. The standard InChI is InChI=1S/C15H23N3O3/c1-17-5-7-18(8-6-17)16-11-13-14(20-3)9-12(19-2)10-15(13)21-4/h9-11H,5-8H2,1-4H3. The van der Waals surface area contributed by atoms with Gasteiger partial charge in [-0.3, -0.25) is 5.01 Å². The quantitative estimate of drug-likeness (QED) is 0.766. The van der Waals surface area contributed by atoms with E-state index < -0.39 is 0 Å². The Morgan fingerprint density at radius 2 is 1.52 bits per heavy atom. The van der Waals surface area contributed by atoms with E-state index in [-0.39, 0.29) is 0 Å². The van der Waals surface area contributed by atoms with Gasteiger partial charge in [-0.05, 0) is 7.05 Å². The largest absolute Gasteiger partial charge is 0.496 e. The molecule has 0 amide bonds. The summed E-state index contributed by atoms with van der Waals surface area (Å²) >= 11 is 0. The van der Waals surface area contributed by atoms with E-state index in [4.69, 9.17) is 14.2 Å². The molecule has 1 aromatic rings. The van der Waals surface area contributed by atoms with Gasteiger partial charge in [-0.2, -0.15) is 5.10 Å². The van der Waals surface area contributed by atoms with Crippen LogP contribution in [0, 0.1) is 0 Å². The molecule has 116 valence electrons. The smallest absolute Gasteiger partial charge is 0.135 e. The van der Waals surface area contributed by atoms with Crippen molar-refractivity contribution in [2.45, 2.75) is 0 Å². The number of hydrazone groups is 1. The molecule has 0 N–H and O–H groups in total. The van der Waals surface area contributed by atoms with Crippen LogP contribution in [0.5, 0.6) is 17.2 Å². The number of rotatable bonds is 5. The Morgan fingerprint density at radius 3 is 2.00 bits per heavy atom. The van der Waals surface area contributed by atoms with Gasteiger partial charge in [-0.15, -0.1) is 0 Å². The summed E-state index contributed by atoms with van der Waals surface area (Å²) in [5.74, 6) is 2.06. The van der Waals surface area contributed by atoms with E-state index in [0.717, 1.165) is 31.7 Å². The lowest BCUT2D eigenvalue weighted by Crippen LogP contribution is -2.41. The van der Waals surface area contributed by atoms with Crippen molar-refractivity contribution >= 4 is 6.21 Å². The summed E-state index contributed by atoms with van der Waals surface area (Å²) in [6.45, 7) is 3.89. The van der Waals surface area contributed by atoms with Crippen molar-refractivity contribution in [3.63, 3.8) is 0 Å². The molecule has 21 heavy (non-hydrogen) atoms. The van der Waals surface area contributed by atoms with Crippen molar-refractivity contribution < 1.29 is 14.2 Å². The average Bonchev–Trinajstić information content (AvgIpc) is 2.53. The number of hydrogen-bond donors (Lipinski definition) is 0. The first-order chi connectivity index (χ1) is 10.2. The molecule has 1 fully saturated rings. The lowest BCUT2D eigenvalue weighted by Gasteiger charge is -2.30. The van der Waals surface area contributed by atoms with Gasteiger partial charge in [0, 0.05) is 38.3 Å². The minimum atomic E-state index is 0.684. The predicted molar refractivity (Wildman–Crippen MR) is 82.8 cm³/mol. The van der Waals surface area contributed by atoms with Gasteiger partial charge < -0.3 is 19.1 Å². The number of ether oxygens (including phenoxy) is 3. The SMILES string of the molecule is COc1cc(OC)c(C=NN2CCN(C)CC2)c(OC)c1. The van der Waals surface area contributed by atoms with Crippen molar-refractivity contribution in [1.29, 1.82) is 0 Å². The van der Waals surface area contributed by atoms with Crippen LogP contribution < -0.4 is 14.2 Å². The van der Waals surface area contributed by atoms with E-state index in [1.165, 1.54) is 0 Å². The molecule has 0 radical (unpaired) electrons. The monoisotopic (exact) mass is 293 g/mol. The van der Waals surface area contributed by atoms with Gasteiger partial charge in [0.05, 0.1) is 33.1 Å². The molecule has 2 rings (SSSR count). The molecule has 6 heteroatoms. The molecule has 1 aromatic carbocycles. The molecule has 0 atom stereocenters. The van der Waals surface area contributed by atoms with Crippen molar-refractivity contribution in [3.8, 4) is 17.2 Å². The number of methoxy groups -OCH3 is 3. The summed E-state index contributed by atoms with van der Waals surface area (Å²) in [5.41, 5.74) is 0.819. The minimum Gasteiger partial charge on any atom is -0.496 e. The fourth-order valence-electron chi connectivity index (χ4n) is 2.21. The highest BCUT2D eigenvalue weighted by Gasteiger charge is 2.14. The molecule has 6 nitrogen and oxygen atoms in total. The van der Waals surface area contributed by atoms with Gasteiger partial charge in [0.1, 0.15) is 17.2 Å². The van der Waals surface area contributed by atoms with E-state index in [1.54, 1.807) is 27.5 Å². The molecule has 0 aliphatic carbocycles. The van der Waals surface area contributed by atoms with Gasteiger partial charge in [-0.1, -0.05) is 0 Å². The second-order valence-corrected chi connectivity index (χ2v) is 4.95. The Hall–Kier alpha value is -1.95. The van der Waals surface area contributed by atoms with Gasteiger partial charge in [0.2, 0.25) is 0 Å². The zero-order valence-electron chi connectivity index (χ0n) is 13.1. The Balaban J connectivity index is 2.21. The van der Waals surface area contributed by atoms with Crippen molar-refractivity contribution in [2.24, 2.45) is 5.10 Å². The Labute approximate surface area is 125 Å². The highest BCUT2D eigenvalue weighted by molar-refractivity contribution is 5.88. The fourth-order valence-corrected chi connectivity index (χ4v) is 2.21. The molecule has 1 heterocycles. The van der Waals surface area contributed by atoms with Crippen LogP contribution in [-0.4, -0.2) is 70.7 Å². The topological polar surface area (TPSA) is 46.5 Å². The maximum Gasteiger partial charge on any atom is 0.135 e. The lowest BCUT2D eigenvalue weighted by molar-refractivity contribution is 0.159. The maximum absolute atomic E-state index is 5.41. The van der Waals surface area contributed by atoms with Crippen LogP contribution in [-0.2, 0) is 0 Å². The van der Waals surface area contributed by atoms with Crippen LogP contribution in [0.1, 0.15) is 5.56 Å². The Morgan fingerprint density at radius 1 is 0.952 bits per heavy atom. The van der Waals surface area contributed by atoms with E-state index in [0.29, 0.717) is 17.2 Å². The first-order valence-corrected chi connectivity index (χ1v) is 6.95. The van der Waals surface area contributed by atoms with E-state index in [1.807, 2.05) is 12.1 Å². The molecule has 0 aromatic heterocycles. The second kappa shape index (κ2) is 7.17. The lowest BCUT2D eigenvalue weighted by atomic mass is 10.2. The molecule has 0 unspecified atom stereocenters. The van der Waals surface area contributed by atoms with Crippen LogP contribution in [0.2, 0.25) is 0 Å². The molecule has 1 saturated heterocycles. The highest BCUT2D eigenvalue weighted by Crippen LogP contribution is 2.32. The zero-order valence-corrected chi connectivity index (χ0v) is 13.1. The molecule has 0 spiro atoms. The van der Waals surface area contributed by atoms with Crippen LogP contribution in [0.3, 0.4) is 0 Å². The van der Waals surface area contributed by atoms with Crippen molar-refractivity contribution in [3.05, 3.63) is 17.7 Å². The molecular weight excluding hydrogens is 270 g/mol. The van der Waals surface area contributed by atoms with Crippen LogP contribution in [0.15, 0.2) is 17.2 Å². The predicted octanol–water partition coefficient (Wildman–Crippen LogP) is 1.29. The molecule has 0 saturated carbocycles. The fraction of sp³-hybridized carbons (Fsp3) is 0.533. The number of hydrogen-bond acceptors (Lipinski definition) is 6. The summed E-state index contributed by atoms with van der Waals surface area (Å²) < 4.78 is 16.1. The Kier molecular flexibility index (Phi) is 5.27. The van der Waals surface area contributed by atoms with Gasteiger partial charge in [-0.25, -0.2) is 0 Å². The summed E-state index contributed by atoms with van der Waals surface area (Å²) in [4.78, 5) is 2.29. The van der Waals surface area contributed by atoms with Crippen molar-refractivity contribution in [2.75, 3.05) is 54.6 Å². The van der Waals surface area contributed by atoms with Crippen LogP contribution >= 0.6 is 0 Å². The second-order valence-electron chi connectivity index (χ2n) is 4.95. The number of likely N-dealkylation sites (N-methyl/N-ethyl adjacent to an activating group) is 1.